The first kappa shape index (κ1) is 18.6. The predicted molar refractivity (Wildman–Crippen MR) is 96.5 cm³/mol. The van der Waals surface area contributed by atoms with E-state index in [-0.39, 0.29) is 0 Å². The summed E-state index contributed by atoms with van der Waals surface area (Å²) in [5.41, 5.74) is 2.77. The highest BCUT2D eigenvalue weighted by molar-refractivity contribution is 7.46. The molecule has 4 nitrogen and oxygen atoms in total. The standard InChI is InChI=1S/C19H23O4P/c1-3-22-24(23-4-2)15-17-9-7-8-16(12-17)14-21-19-11-6-5-10-18(19)13-20/h5-13H,3-4,14-15H2,1-2H3. The van der Waals surface area contributed by atoms with Crippen LogP contribution >= 0.6 is 8.38 Å². The number of hydrogen-bond acceptors (Lipinski definition) is 4. The van der Waals surface area contributed by atoms with Crippen molar-refractivity contribution in [3.05, 3.63) is 65.2 Å². The quantitative estimate of drug-likeness (QED) is 0.450. The second-order valence-electron chi connectivity index (χ2n) is 5.09. The number of carbonyl (C=O) groups excluding carboxylic acids is 1. The summed E-state index contributed by atoms with van der Waals surface area (Å²) in [5.74, 6) is 0.601. The highest BCUT2D eigenvalue weighted by atomic mass is 31.2. The lowest BCUT2D eigenvalue weighted by molar-refractivity contribution is 0.111. The number of rotatable bonds is 10. The highest BCUT2D eigenvalue weighted by Gasteiger charge is 2.11. The fourth-order valence-corrected chi connectivity index (χ4v) is 3.58. The van der Waals surface area contributed by atoms with Gasteiger partial charge in [0.1, 0.15) is 12.4 Å². The van der Waals surface area contributed by atoms with Gasteiger partial charge in [-0.25, -0.2) is 0 Å². The zero-order chi connectivity index (χ0) is 17.2. The molecule has 0 fully saturated rings. The summed E-state index contributed by atoms with van der Waals surface area (Å²) in [6.45, 7) is 5.67. The molecule has 0 saturated heterocycles. The Morgan fingerprint density at radius 3 is 2.38 bits per heavy atom. The molecule has 0 aromatic heterocycles. The molecule has 0 aliphatic carbocycles. The van der Waals surface area contributed by atoms with Crippen LogP contribution in [0.1, 0.15) is 35.3 Å². The summed E-state index contributed by atoms with van der Waals surface area (Å²) in [7, 11) is -0.898. The molecule has 0 amide bonds. The molecule has 0 aliphatic heterocycles. The molecule has 0 heterocycles. The Labute approximate surface area is 144 Å². The molecular formula is C19H23O4P. The molecule has 0 radical (unpaired) electrons. The van der Waals surface area contributed by atoms with Crippen molar-refractivity contribution < 1.29 is 18.6 Å². The fourth-order valence-electron chi connectivity index (χ4n) is 2.25. The Morgan fingerprint density at radius 2 is 1.67 bits per heavy atom. The van der Waals surface area contributed by atoms with Crippen molar-refractivity contribution in [3.8, 4) is 5.75 Å². The molecule has 0 spiro atoms. The summed E-state index contributed by atoms with van der Waals surface area (Å²) in [5, 5.41) is 0. The minimum Gasteiger partial charge on any atom is -0.488 e. The SMILES string of the molecule is CCOP(Cc1cccc(COc2ccccc2C=O)c1)OCC. The summed E-state index contributed by atoms with van der Waals surface area (Å²) < 4.78 is 17.1. The Balaban J connectivity index is 2.00. The number of carbonyl (C=O) groups is 1. The van der Waals surface area contributed by atoms with Crippen molar-refractivity contribution in [2.75, 3.05) is 13.2 Å². The number of aldehydes is 1. The summed E-state index contributed by atoms with van der Waals surface area (Å²) in [4.78, 5) is 11.0. The van der Waals surface area contributed by atoms with Crippen LogP contribution in [0.4, 0.5) is 0 Å². The van der Waals surface area contributed by atoms with Crippen LogP contribution in [0.25, 0.3) is 0 Å². The molecule has 0 N–H and O–H groups in total. The van der Waals surface area contributed by atoms with Crippen LogP contribution in [0.2, 0.25) is 0 Å². The monoisotopic (exact) mass is 346 g/mol. The zero-order valence-electron chi connectivity index (χ0n) is 14.1. The Morgan fingerprint density at radius 1 is 0.958 bits per heavy atom. The van der Waals surface area contributed by atoms with E-state index in [9.17, 15) is 4.79 Å². The summed E-state index contributed by atoms with van der Waals surface area (Å²) >= 11 is 0. The van der Waals surface area contributed by atoms with Gasteiger partial charge >= 0.3 is 0 Å². The summed E-state index contributed by atoms with van der Waals surface area (Å²) in [6.07, 6.45) is 1.57. The van der Waals surface area contributed by atoms with E-state index in [0.717, 1.165) is 23.6 Å². The molecule has 0 atom stereocenters. The van der Waals surface area contributed by atoms with E-state index in [1.54, 1.807) is 12.1 Å². The highest BCUT2D eigenvalue weighted by Crippen LogP contribution is 2.41. The van der Waals surface area contributed by atoms with Gasteiger partial charge in [0.15, 0.2) is 14.7 Å². The smallest absolute Gasteiger partial charge is 0.175 e. The van der Waals surface area contributed by atoms with Crippen LogP contribution in [-0.4, -0.2) is 19.5 Å². The molecule has 128 valence electrons. The molecule has 5 heteroatoms. The molecule has 0 unspecified atom stereocenters. The lowest BCUT2D eigenvalue weighted by Crippen LogP contribution is -1.99. The molecular weight excluding hydrogens is 323 g/mol. The van der Waals surface area contributed by atoms with Crippen molar-refractivity contribution >= 4 is 14.7 Å². The van der Waals surface area contributed by atoms with Crippen molar-refractivity contribution in [2.45, 2.75) is 26.6 Å². The summed E-state index contributed by atoms with van der Waals surface area (Å²) in [6, 6.07) is 15.4. The fraction of sp³-hybridized carbons (Fsp3) is 0.316. The third-order valence-corrected chi connectivity index (χ3v) is 5.01. The van der Waals surface area contributed by atoms with Gasteiger partial charge in [0, 0.05) is 6.16 Å². The van der Waals surface area contributed by atoms with Crippen molar-refractivity contribution in [2.24, 2.45) is 0 Å². The van der Waals surface area contributed by atoms with E-state index < -0.39 is 8.38 Å². The Kier molecular flexibility index (Phi) is 7.90. The van der Waals surface area contributed by atoms with Gasteiger partial charge in [0.2, 0.25) is 0 Å². The van der Waals surface area contributed by atoms with E-state index >= 15 is 0 Å². The first-order valence-electron chi connectivity index (χ1n) is 8.05. The van der Waals surface area contributed by atoms with Gasteiger partial charge in [-0.05, 0) is 37.1 Å². The van der Waals surface area contributed by atoms with Gasteiger partial charge in [-0.15, -0.1) is 0 Å². The van der Waals surface area contributed by atoms with Gasteiger partial charge in [-0.1, -0.05) is 36.4 Å². The van der Waals surface area contributed by atoms with Gasteiger partial charge < -0.3 is 13.8 Å². The van der Waals surface area contributed by atoms with Crippen LogP contribution < -0.4 is 4.74 Å². The lowest BCUT2D eigenvalue weighted by atomic mass is 10.1. The molecule has 0 saturated carbocycles. The molecule has 2 rings (SSSR count). The largest absolute Gasteiger partial charge is 0.488 e. The third-order valence-electron chi connectivity index (χ3n) is 3.29. The normalized spacial score (nSPS) is 10.8. The van der Waals surface area contributed by atoms with E-state index in [4.69, 9.17) is 13.8 Å². The maximum Gasteiger partial charge on any atom is 0.175 e. The average molecular weight is 346 g/mol. The number of benzene rings is 2. The van der Waals surface area contributed by atoms with Crippen LogP contribution in [0.15, 0.2) is 48.5 Å². The predicted octanol–water partition coefficient (Wildman–Crippen LogP) is 4.96. The maximum atomic E-state index is 11.0. The first-order chi connectivity index (χ1) is 11.8. The van der Waals surface area contributed by atoms with E-state index in [1.165, 1.54) is 0 Å². The van der Waals surface area contributed by atoms with E-state index in [0.29, 0.717) is 31.1 Å². The maximum absolute atomic E-state index is 11.0. The minimum atomic E-state index is -0.898. The number of para-hydroxylation sites is 1. The molecule has 24 heavy (non-hydrogen) atoms. The number of ether oxygens (including phenoxy) is 1. The van der Waals surface area contributed by atoms with Crippen LogP contribution in [0.5, 0.6) is 5.75 Å². The van der Waals surface area contributed by atoms with Gasteiger partial charge in [-0.2, -0.15) is 0 Å². The average Bonchev–Trinajstić information content (AvgIpc) is 2.61. The van der Waals surface area contributed by atoms with Crippen molar-refractivity contribution in [1.82, 2.24) is 0 Å². The first-order valence-corrected chi connectivity index (χ1v) is 9.41. The topological polar surface area (TPSA) is 44.8 Å². The van der Waals surface area contributed by atoms with Crippen molar-refractivity contribution in [1.29, 1.82) is 0 Å². The third kappa shape index (κ3) is 5.72. The second kappa shape index (κ2) is 10.2. The number of hydrogen-bond donors (Lipinski definition) is 0. The van der Waals surface area contributed by atoms with Crippen LogP contribution in [-0.2, 0) is 21.8 Å². The Hall–Kier alpha value is -1.74. The Bertz CT molecular complexity index is 639. The molecule has 2 aromatic carbocycles. The van der Waals surface area contributed by atoms with E-state index in [2.05, 4.69) is 12.1 Å². The van der Waals surface area contributed by atoms with Gasteiger partial charge in [0.25, 0.3) is 0 Å². The second-order valence-corrected chi connectivity index (χ2v) is 6.59. The zero-order valence-corrected chi connectivity index (χ0v) is 15.0. The minimum absolute atomic E-state index is 0.417. The van der Waals surface area contributed by atoms with Gasteiger partial charge in [0.05, 0.1) is 18.8 Å². The van der Waals surface area contributed by atoms with Crippen molar-refractivity contribution in [3.63, 3.8) is 0 Å². The van der Waals surface area contributed by atoms with Crippen LogP contribution in [0, 0.1) is 0 Å². The molecule has 0 aliphatic rings. The van der Waals surface area contributed by atoms with E-state index in [1.807, 2.05) is 38.1 Å². The molecule has 0 bridgehead atoms. The van der Waals surface area contributed by atoms with Crippen LogP contribution in [0.3, 0.4) is 0 Å². The molecule has 2 aromatic rings. The lowest BCUT2D eigenvalue weighted by Gasteiger charge is -2.16. The van der Waals surface area contributed by atoms with Gasteiger partial charge in [-0.3, -0.25) is 4.79 Å².